The second kappa shape index (κ2) is 7.65. The lowest BCUT2D eigenvalue weighted by atomic mass is 10.0. The summed E-state index contributed by atoms with van der Waals surface area (Å²) in [5.41, 5.74) is -0.152. The van der Waals surface area contributed by atoms with E-state index >= 15 is 4.39 Å². The summed E-state index contributed by atoms with van der Waals surface area (Å²) in [7, 11) is -4.43. The summed E-state index contributed by atoms with van der Waals surface area (Å²) in [6.45, 7) is 0. The Hall–Kier alpha value is -2.47. The molecule has 1 N–H and O–H groups in total. The molecule has 4 rings (SSSR count). The van der Waals surface area contributed by atoms with E-state index in [1.54, 1.807) is 6.07 Å². The zero-order valence-corrected chi connectivity index (χ0v) is 17.9. The van der Waals surface area contributed by atoms with Crippen molar-refractivity contribution in [2.45, 2.75) is 10.6 Å². The molecule has 30 heavy (non-hydrogen) atoms. The number of aromatic amines is 1. The average molecular weight is 546 g/mol. The highest BCUT2D eigenvalue weighted by Gasteiger charge is 2.25. The first-order valence-corrected chi connectivity index (χ1v) is 11.2. The number of nitrogens with zero attached hydrogens (tertiary/aromatic N) is 1. The highest BCUT2D eigenvalue weighted by Crippen LogP contribution is 2.32. The zero-order valence-electron chi connectivity index (χ0n) is 14.9. The van der Waals surface area contributed by atoms with Gasteiger partial charge in [0.05, 0.1) is 16.8 Å². The van der Waals surface area contributed by atoms with Crippen LogP contribution in [0.3, 0.4) is 0 Å². The summed E-state index contributed by atoms with van der Waals surface area (Å²) < 4.78 is 82.8. The van der Waals surface area contributed by atoms with E-state index in [0.29, 0.717) is 17.6 Å². The van der Waals surface area contributed by atoms with Crippen LogP contribution in [0.2, 0.25) is 0 Å². The summed E-state index contributed by atoms with van der Waals surface area (Å²) in [4.78, 5) is -0.889. The lowest BCUT2D eigenvalue weighted by molar-refractivity contribution is 0.549. The van der Waals surface area contributed by atoms with Gasteiger partial charge in [0.1, 0.15) is 31.9 Å². The van der Waals surface area contributed by atoms with Gasteiger partial charge in [-0.15, -0.1) is 0 Å². The van der Waals surface area contributed by atoms with Gasteiger partial charge in [-0.2, -0.15) is 5.10 Å². The van der Waals surface area contributed by atoms with Crippen LogP contribution in [-0.2, 0) is 15.6 Å². The number of nitrogens with one attached hydrogen (secondary N) is 1. The summed E-state index contributed by atoms with van der Waals surface area (Å²) >= 11 is 2.03. The zero-order chi connectivity index (χ0) is 21.6. The standard InChI is InChI=1S/C20H11F4IN2O2S/c21-12-3-6-14(22)17(8-12)30(28,29)9-11-2-5-15(23)18(19(11)24)10-1-4-13-16(7-10)26-27-20(13)25/h1-8H,9H2,(H,26,27). The SMILES string of the molecule is O=S(=O)(Cc1ccc(F)c(-c2ccc3c(I)[nH]nc3c2)c1F)c1cc(F)ccc1F. The Morgan fingerprint density at radius 1 is 0.933 bits per heavy atom. The predicted molar refractivity (Wildman–Crippen MR) is 111 cm³/mol. The van der Waals surface area contributed by atoms with Crippen LogP contribution in [0.25, 0.3) is 22.0 Å². The summed E-state index contributed by atoms with van der Waals surface area (Å²) in [5.74, 6) is -5.06. The fraction of sp³-hybridized carbons (Fsp3) is 0.0500. The number of rotatable bonds is 4. The van der Waals surface area contributed by atoms with Crippen molar-refractivity contribution in [2.75, 3.05) is 0 Å². The van der Waals surface area contributed by atoms with Gasteiger partial charge in [-0.25, -0.2) is 26.0 Å². The van der Waals surface area contributed by atoms with Crippen molar-refractivity contribution in [2.24, 2.45) is 0 Å². The molecule has 10 heteroatoms. The lowest BCUT2D eigenvalue weighted by Crippen LogP contribution is -2.10. The number of H-pyrrole nitrogens is 1. The van der Waals surface area contributed by atoms with E-state index in [1.165, 1.54) is 12.1 Å². The number of fused-ring (bicyclic) bond motifs is 1. The molecule has 4 nitrogen and oxygen atoms in total. The van der Waals surface area contributed by atoms with Crippen molar-refractivity contribution in [1.29, 1.82) is 0 Å². The maximum Gasteiger partial charge on any atom is 0.185 e. The number of aromatic nitrogens is 2. The molecular formula is C20H11F4IN2O2S. The minimum Gasteiger partial charge on any atom is -0.271 e. The monoisotopic (exact) mass is 546 g/mol. The van der Waals surface area contributed by atoms with Crippen LogP contribution in [0.4, 0.5) is 17.6 Å². The molecule has 0 bridgehead atoms. The average Bonchev–Trinajstić information content (AvgIpc) is 3.06. The Labute approximate surface area is 182 Å². The van der Waals surface area contributed by atoms with E-state index in [-0.39, 0.29) is 11.1 Å². The molecule has 0 atom stereocenters. The summed E-state index contributed by atoms with van der Waals surface area (Å²) in [6, 6.07) is 8.49. The Balaban J connectivity index is 1.80. The molecule has 0 spiro atoms. The van der Waals surface area contributed by atoms with E-state index < -0.39 is 49.3 Å². The van der Waals surface area contributed by atoms with Crippen molar-refractivity contribution in [1.82, 2.24) is 10.2 Å². The van der Waals surface area contributed by atoms with Crippen molar-refractivity contribution in [3.8, 4) is 11.1 Å². The molecule has 0 aliphatic heterocycles. The van der Waals surface area contributed by atoms with Gasteiger partial charge in [-0.3, -0.25) is 5.10 Å². The Kier molecular flexibility index (Phi) is 5.30. The molecule has 0 saturated carbocycles. The largest absolute Gasteiger partial charge is 0.271 e. The topological polar surface area (TPSA) is 62.8 Å². The van der Waals surface area contributed by atoms with Crippen LogP contribution >= 0.6 is 22.6 Å². The van der Waals surface area contributed by atoms with Gasteiger partial charge in [0, 0.05) is 10.9 Å². The van der Waals surface area contributed by atoms with Crippen LogP contribution in [-0.4, -0.2) is 18.6 Å². The first kappa shape index (κ1) is 20.8. The molecule has 0 radical (unpaired) electrons. The van der Waals surface area contributed by atoms with Crippen molar-refractivity contribution in [3.63, 3.8) is 0 Å². The molecule has 1 aromatic heterocycles. The molecule has 0 saturated heterocycles. The third kappa shape index (κ3) is 3.69. The molecule has 154 valence electrons. The highest BCUT2D eigenvalue weighted by molar-refractivity contribution is 14.1. The van der Waals surface area contributed by atoms with Crippen LogP contribution in [0.15, 0.2) is 53.4 Å². The number of hydrogen-bond donors (Lipinski definition) is 1. The number of benzene rings is 3. The van der Waals surface area contributed by atoms with E-state index in [4.69, 9.17) is 0 Å². The maximum atomic E-state index is 15.1. The third-order valence-electron chi connectivity index (χ3n) is 4.54. The second-order valence-corrected chi connectivity index (χ2v) is 9.54. The van der Waals surface area contributed by atoms with Gasteiger partial charge in [-0.05, 0) is 64.6 Å². The van der Waals surface area contributed by atoms with Gasteiger partial charge in [-0.1, -0.05) is 12.1 Å². The first-order valence-electron chi connectivity index (χ1n) is 8.46. The van der Waals surface area contributed by atoms with Gasteiger partial charge < -0.3 is 0 Å². The van der Waals surface area contributed by atoms with Crippen LogP contribution in [0, 0.1) is 27.0 Å². The van der Waals surface area contributed by atoms with Crippen LogP contribution in [0.5, 0.6) is 0 Å². The molecular weight excluding hydrogens is 535 g/mol. The fourth-order valence-corrected chi connectivity index (χ4v) is 5.13. The Morgan fingerprint density at radius 3 is 2.43 bits per heavy atom. The molecule has 0 fully saturated rings. The Morgan fingerprint density at radius 2 is 1.67 bits per heavy atom. The molecule has 0 amide bonds. The van der Waals surface area contributed by atoms with Crippen molar-refractivity contribution in [3.05, 3.63) is 81.1 Å². The fourth-order valence-electron chi connectivity index (χ4n) is 3.10. The second-order valence-electron chi connectivity index (χ2n) is 6.50. The van der Waals surface area contributed by atoms with Gasteiger partial charge in [0.25, 0.3) is 0 Å². The molecule has 3 aromatic carbocycles. The lowest BCUT2D eigenvalue weighted by Gasteiger charge is -2.11. The number of halogens is 5. The third-order valence-corrected chi connectivity index (χ3v) is 7.04. The van der Waals surface area contributed by atoms with Gasteiger partial charge in [0.2, 0.25) is 0 Å². The summed E-state index contributed by atoms with van der Waals surface area (Å²) in [6.07, 6.45) is 0. The minimum atomic E-state index is -4.43. The van der Waals surface area contributed by atoms with Crippen LogP contribution in [0.1, 0.15) is 5.56 Å². The van der Waals surface area contributed by atoms with E-state index in [1.807, 2.05) is 22.6 Å². The van der Waals surface area contributed by atoms with E-state index in [9.17, 15) is 21.6 Å². The van der Waals surface area contributed by atoms with E-state index in [2.05, 4.69) is 10.2 Å². The molecule has 1 heterocycles. The predicted octanol–water partition coefficient (Wildman–Crippen LogP) is 5.36. The molecule has 0 aliphatic carbocycles. The van der Waals surface area contributed by atoms with Gasteiger partial charge >= 0.3 is 0 Å². The highest BCUT2D eigenvalue weighted by atomic mass is 127. The molecule has 4 aromatic rings. The maximum absolute atomic E-state index is 15.1. The quantitative estimate of drug-likeness (QED) is 0.277. The Bertz CT molecular complexity index is 1400. The van der Waals surface area contributed by atoms with E-state index in [0.717, 1.165) is 27.3 Å². The molecule has 0 aliphatic rings. The normalized spacial score (nSPS) is 11.9. The molecule has 0 unspecified atom stereocenters. The number of sulfone groups is 1. The smallest absolute Gasteiger partial charge is 0.185 e. The minimum absolute atomic E-state index is 0.164. The van der Waals surface area contributed by atoms with Crippen molar-refractivity contribution >= 4 is 43.3 Å². The van der Waals surface area contributed by atoms with Crippen molar-refractivity contribution < 1.29 is 26.0 Å². The summed E-state index contributed by atoms with van der Waals surface area (Å²) in [5, 5.41) is 7.58. The van der Waals surface area contributed by atoms with Gasteiger partial charge in [0.15, 0.2) is 9.84 Å². The first-order chi connectivity index (χ1) is 14.2. The number of hydrogen-bond acceptors (Lipinski definition) is 3. The van der Waals surface area contributed by atoms with Crippen LogP contribution < -0.4 is 0 Å².